The van der Waals surface area contributed by atoms with Gasteiger partial charge in [-0.1, -0.05) is 18.1 Å². The molecule has 2 rings (SSSR count). The summed E-state index contributed by atoms with van der Waals surface area (Å²) in [5.74, 6) is 1.82. The SMILES string of the molecule is CCC(N)Cc1nc(Cc2ccc(OC)nc2)no1. The summed E-state index contributed by atoms with van der Waals surface area (Å²) in [6.07, 6.45) is 3.83. The highest BCUT2D eigenvalue weighted by molar-refractivity contribution is 5.20. The van der Waals surface area contributed by atoms with Gasteiger partial charge in [0.2, 0.25) is 11.8 Å². The van der Waals surface area contributed by atoms with E-state index in [2.05, 4.69) is 15.1 Å². The highest BCUT2D eigenvalue weighted by Crippen LogP contribution is 2.11. The summed E-state index contributed by atoms with van der Waals surface area (Å²) in [5.41, 5.74) is 6.85. The third-order valence-corrected chi connectivity index (χ3v) is 2.84. The Hall–Kier alpha value is -1.95. The molecule has 19 heavy (non-hydrogen) atoms. The molecule has 2 heterocycles. The molecule has 2 aromatic heterocycles. The van der Waals surface area contributed by atoms with Crippen LogP contribution in [0.5, 0.6) is 5.88 Å². The van der Waals surface area contributed by atoms with Gasteiger partial charge in [0, 0.05) is 31.1 Å². The molecule has 0 saturated heterocycles. The number of hydrogen-bond donors (Lipinski definition) is 1. The Morgan fingerprint density at radius 2 is 2.26 bits per heavy atom. The van der Waals surface area contributed by atoms with Crippen molar-refractivity contribution in [1.29, 1.82) is 0 Å². The second-order valence-corrected chi connectivity index (χ2v) is 4.36. The van der Waals surface area contributed by atoms with Gasteiger partial charge < -0.3 is 15.0 Å². The van der Waals surface area contributed by atoms with Crippen molar-refractivity contribution in [3.63, 3.8) is 0 Å². The predicted molar refractivity (Wildman–Crippen MR) is 69.9 cm³/mol. The van der Waals surface area contributed by atoms with Crippen LogP contribution in [0.4, 0.5) is 0 Å². The smallest absolute Gasteiger partial charge is 0.228 e. The van der Waals surface area contributed by atoms with Crippen molar-refractivity contribution < 1.29 is 9.26 Å². The van der Waals surface area contributed by atoms with Gasteiger partial charge >= 0.3 is 0 Å². The first-order valence-electron chi connectivity index (χ1n) is 6.27. The number of methoxy groups -OCH3 is 1. The molecule has 102 valence electrons. The second kappa shape index (κ2) is 6.29. The van der Waals surface area contributed by atoms with Crippen LogP contribution in [0.15, 0.2) is 22.9 Å². The lowest BCUT2D eigenvalue weighted by Crippen LogP contribution is -2.21. The summed E-state index contributed by atoms with van der Waals surface area (Å²) < 4.78 is 10.2. The van der Waals surface area contributed by atoms with Gasteiger partial charge in [0.25, 0.3) is 0 Å². The van der Waals surface area contributed by atoms with Gasteiger partial charge in [0.05, 0.1) is 7.11 Å². The summed E-state index contributed by atoms with van der Waals surface area (Å²) in [6, 6.07) is 3.80. The van der Waals surface area contributed by atoms with E-state index in [9.17, 15) is 0 Å². The molecule has 2 aromatic rings. The van der Waals surface area contributed by atoms with Crippen LogP contribution in [0.25, 0.3) is 0 Å². The van der Waals surface area contributed by atoms with Gasteiger partial charge in [-0.15, -0.1) is 0 Å². The molecule has 0 spiro atoms. The van der Waals surface area contributed by atoms with E-state index in [1.165, 1.54) is 0 Å². The lowest BCUT2D eigenvalue weighted by molar-refractivity contribution is 0.363. The van der Waals surface area contributed by atoms with Gasteiger partial charge in [0.15, 0.2) is 5.82 Å². The fourth-order valence-corrected chi connectivity index (χ4v) is 1.63. The number of nitrogens with two attached hydrogens (primary N) is 1. The number of rotatable bonds is 6. The fourth-order valence-electron chi connectivity index (χ4n) is 1.63. The van der Waals surface area contributed by atoms with Crippen molar-refractivity contribution in [3.8, 4) is 5.88 Å². The lowest BCUT2D eigenvalue weighted by Gasteiger charge is -2.02. The van der Waals surface area contributed by atoms with Crippen LogP contribution in [0, 0.1) is 0 Å². The lowest BCUT2D eigenvalue weighted by atomic mass is 10.2. The van der Waals surface area contributed by atoms with E-state index >= 15 is 0 Å². The average Bonchev–Trinajstić information content (AvgIpc) is 2.86. The maximum Gasteiger partial charge on any atom is 0.228 e. The third-order valence-electron chi connectivity index (χ3n) is 2.84. The largest absolute Gasteiger partial charge is 0.481 e. The van der Waals surface area contributed by atoms with Gasteiger partial charge in [-0.3, -0.25) is 0 Å². The summed E-state index contributed by atoms with van der Waals surface area (Å²) >= 11 is 0. The Balaban J connectivity index is 1.98. The van der Waals surface area contributed by atoms with Crippen molar-refractivity contribution in [1.82, 2.24) is 15.1 Å². The first-order valence-corrected chi connectivity index (χ1v) is 6.27. The molecular weight excluding hydrogens is 244 g/mol. The quantitative estimate of drug-likeness (QED) is 0.845. The molecule has 0 saturated carbocycles. The van der Waals surface area contributed by atoms with E-state index in [-0.39, 0.29) is 6.04 Å². The Morgan fingerprint density at radius 3 is 2.89 bits per heavy atom. The number of pyridine rings is 1. The van der Waals surface area contributed by atoms with Crippen molar-refractivity contribution in [2.24, 2.45) is 5.73 Å². The number of nitrogens with zero attached hydrogens (tertiary/aromatic N) is 3. The van der Waals surface area contributed by atoms with E-state index in [0.29, 0.717) is 30.4 Å². The zero-order valence-electron chi connectivity index (χ0n) is 11.2. The minimum Gasteiger partial charge on any atom is -0.481 e. The van der Waals surface area contributed by atoms with Gasteiger partial charge in [-0.05, 0) is 12.0 Å². The fraction of sp³-hybridized carbons (Fsp3) is 0.462. The van der Waals surface area contributed by atoms with E-state index in [1.807, 2.05) is 19.1 Å². The first-order chi connectivity index (χ1) is 9.21. The molecule has 2 N–H and O–H groups in total. The Labute approximate surface area is 112 Å². The molecule has 0 radical (unpaired) electrons. The summed E-state index contributed by atoms with van der Waals surface area (Å²) in [7, 11) is 1.59. The molecule has 1 unspecified atom stereocenters. The van der Waals surface area contributed by atoms with Crippen LogP contribution in [0.1, 0.15) is 30.6 Å². The van der Waals surface area contributed by atoms with Gasteiger partial charge in [-0.25, -0.2) is 4.98 Å². The van der Waals surface area contributed by atoms with E-state index in [1.54, 1.807) is 13.3 Å². The summed E-state index contributed by atoms with van der Waals surface area (Å²) in [4.78, 5) is 8.45. The molecule has 0 bridgehead atoms. The maximum absolute atomic E-state index is 5.85. The zero-order chi connectivity index (χ0) is 13.7. The average molecular weight is 262 g/mol. The molecule has 0 aromatic carbocycles. The molecule has 0 aliphatic rings. The predicted octanol–water partition coefficient (Wildman–Crippen LogP) is 1.34. The standard InChI is InChI=1S/C13H18N4O2/c1-3-10(14)7-13-16-11(17-19-13)6-9-4-5-12(18-2)15-8-9/h4-5,8,10H,3,6-7,14H2,1-2H3. The zero-order valence-corrected chi connectivity index (χ0v) is 11.2. The van der Waals surface area contributed by atoms with Gasteiger partial charge in [0.1, 0.15) is 0 Å². The minimum atomic E-state index is 0.0657. The van der Waals surface area contributed by atoms with Crippen molar-refractivity contribution >= 4 is 0 Å². The molecular formula is C13H18N4O2. The molecule has 0 aliphatic carbocycles. The summed E-state index contributed by atoms with van der Waals surface area (Å²) in [5, 5.41) is 3.94. The van der Waals surface area contributed by atoms with Crippen LogP contribution in [0.3, 0.4) is 0 Å². The van der Waals surface area contributed by atoms with Crippen LogP contribution >= 0.6 is 0 Å². The molecule has 6 heteroatoms. The molecule has 0 fully saturated rings. The van der Waals surface area contributed by atoms with Crippen LogP contribution < -0.4 is 10.5 Å². The number of aromatic nitrogens is 3. The summed E-state index contributed by atoms with van der Waals surface area (Å²) in [6.45, 7) is 2.03. The normalized spacial score (nSPS) is 12.4. The second-order valence-electron chi connectivity index (χ2n) is 4.36. The monoisotopic (exact) mass is 262 g/mol. The van der Waals surface area contributed by atoms with Crippen molar-refractivity contribution in [2.75, 3.05) is 7.11 Å². The molecule has 6 nitrogen and oxygen atoms in total. The van der Waals surface area contributed by atoms with Crippen LogP contribution in [-0.4, -0.2) is 28.3 Å². The van der Waals surface area contributed by atoms with Crippen molar-refractivity contribution in [3.05, 3.63) is 35.6 Å². The highest BCUT2D eigenvalue weighted by atomic mass is 16.5. The Bertz CT molecular complexity index is 510. The highest BCUT2D eigenvalue weighted by Gasteiger charge is 2.10. The van der Waals surface area contributed by atoms with Crippen LogP contribution in [0.2, 0.25) is 0 Å². The van der Waals surface area contributed by atoms with E-state index < -0.39 is 0 Å². The number of hydrogen-bond acceptors (Lipinski definition) is 6. The first kappa shape index (κ1) is 13.5. The molecule has 0 amide bonds. The van der Waals surface area contributed by atoms with E-state index in [4.69, 9.17) is 15.0 Å². The number of ether oxygens (including phenoxy) is 1. The topological polar surface area (TPSA) is 87.1 Å². The molecule has 0 aliphatic heterocycles. The minimum absolute atomic E-state index is 0.0657. The molecule has 1 atom stereocenters. The Morgan fingerprint density at radius 1 is 1.42 bits per heavy atom. The van der Waals surface area contributed by atoms with Crippen molar-refractivity contribution in [2.45, 2.75) is 32.2 Å². The van der Waals surface area contributed by atoms with Crippen LogP contribution in [-0.2, 0) is 12.8 Å². The van der Waals surface area contributed by atoms with Gasteiger partial charge in [-0.2, -0.15) is 4.98 Å². The third kappa shape index (κ3) is 3.75. The maximum atomic E-state index is 5.85. The Kier molecular flexibility index (Phi) is 4.46. The van der Waals surface area contributed by atoms with E-state index in [0.717, 1.165) is 12.0 Å².